The average molecular weight is 355 g/mol. The van der Waals surface area contributed by atoms with Crippen molar-refractivity contribution < 1.29 is 14.7 Å². The normalized spacial score (nSPS) is 21.6. The van der Waals surface area contributed by atoms with E-state index in [1.807, 2.05) is 24.3 Å². The van der Waals surface area contributed by atoms with Crippen molar-refractivity contribution in [2.45, 2.75) is 38.3 Å². The predicted molar refractivity (Wildman–Crippen MR) is 82.9 cm³/mol. The van der Waals surface area contributed by atoms with Gasteiger partial charge in [-0.2, -0.15) is 0 Å². The Kier molecular flexibility index (Phi) is 5.61. The van der Waals surface area contributed by atoms with Crippen LogP contribution >= 0.6 is 15.9 Å². The number of carbonyl (C=O) groups excluding carboxylic acids is 1. The summed E-state index contributed by atoms with van der Waals surface area (Å²) in [7, 11) is 0. The van der Waals surface area contributed by atoms with E-state index in [4.69, 9.17) is 0 Å². The number of rotatable bonds is 4. The Bertz CT molecular complexity index is 521. The average Bonchev–Trinajstić information content (AvgIpc) is 2.47. The molecule has 6 heteroatoms. The third-order valence-corrected chi connectivity index (χ3v) is 4.57. The molecule has 5 nitrogen and oxygen atoms in total. The molecule has 0 spiro atoms. The van der Waals surface area contributed by atoms with Gasteiger partial charge in [-0.05, 0) is 24.5 Å². The topological polar surface area (TPSA) is 78.4 Å². The van der Waals surface area contributed by atoms with Crippen LogP contribution in [0, 0.1) is 5.92 Å². The van der Waals surface area contributed by atoms with Gasteiger partial charge in [-0.15, -0.1) is 0 Å². The second-order valence-electron chi connectivity index (χ2n) is 5.25. The summed E-state index contributed by atoms with van der Waals surface area (Å²) in [4.78, 5) is 23.1. The molecule has 1 saturated carbocycles. The van der Waals surface area contributed by atoms with E-state index >= 15 is 0 Å². The number of carboxylic acids is 1. The molecule has 2 atom stereocenters. The quantitative estimate of drug-likeness (QED) is 0.777. The van der Waals surface area contributed by atoms with Gasteiger partial charge in [0.25, 0.3) is 0 Å². The molecular weight excluding hydrogens is 336 g/mol. The molecule has 1 aromatic rings. The Morgan fingerprint density at radius 2 is 1.95 bits per heavy atom. The third-order valence-electron chi connectivity index (χ3n) is 3.80. The number of urea groups is 1. The Labute approximate surface area is 132 Å². The Morgan fingerprint density at radius 3 is 2.67 bits per heavy atom. The zero-order valence-electron chi connectivity index (χ0n) is 11.6. The first-order valence-electron chi connectivity index (χ1n) is 7.08. The minimum absolute atomic E-state index is 0.282. The molecule has 0 saturated heterocycles. The summed E-state index contributed by atoms with van der Waals surface area (Å²) in [5.41, 5.74) is 0.978. The third kappa shape index (κ3) is 4.46. The molecule has 1 aliphatic carbocycles. The first-order chi connectivity index (χ1) is 10.1. The molecular formula is C15H19BrN2O3. The van der Waals surface area contributed by atoms with Crippen molar-refractivity contribution in [3.05, 3.63) is 34.3 Å². The van der Waals surface area contributed by atoms with Gasteiger partial charge in [0, 0.05) is 17.1 Å². The van der Waals surface area contributed by atoms with E-state index in [-0.39, 0.29) is 12.1 Å². The molecule has 2 rings (SSSR count). The van der Waals surface area contributed by atoms with Gasteiger partial charge < -0.3 is 15.7 Å². The van der Waals surface area contributed by atoms with E-state index in [0.29, 0.717) is 13.0 Å². The van der Waals surface area contributed by atoms with Gasteiger partial charge in [0.05, 0.1) is 5.92 Å². The number of amides is 2. The van der Waals surface area contributed by atoms with Crippen molar-refractivity contribution in [3.63, 3.8) is 0 Å². The van der Waals surface area contributed by atoms with Crippen molar-refractivity contribution in [2.24, 2.45) is 5.92 Å². The van der Waals surface area contributed by atoms with Crippen LogP contribution < -0.4 is 10.6 Å². The summed E-state index contributed by atoms with van der Waals surface area (Å²) in [6, 6.07) is 7.05. The summed E-state index contributed by atoms with van der Waals surface area (Å²) in [6.45, 7) is 0.401. The van der Waals surface area contributed by atoms with Gasteiger partial charge in [0.1, 0.15) is 0 Å². The Hall–Kier alpha value is -1.56. The van der Waals surface area contributed by atoms with Crippen LogP contribution in [-0.2, 0) is 11.3 Å². The zero-order chi connectivity index (χ0) is 15.2. The van der Waals surface area contributed by atoms with Gasteiger partial charge in [0.2, 0.25) is 0 Å². The summed E-state index contributed by atoms with van der Waals surface area (Å²) in [5, 5.41) is 14.8. The standard InChI is InChI=1S/C15H19BrN2O3/c16-12-7-3-1-5-10(12)9-17-15(21)18-13-8-4-2-6-11(13)14(19)20/h1,3,5,7,11,13H,2,4,6,8-9H2,(H,19,20)(H2,17,18,21). The van der Waals surface area contributed by atoms with E-state index < -0.39 is 11.9 Å². The molecule has 114 valence electrons. The van der Waals surface area contributed by atoms with Gasteiger partial charge >= 0.3 is 12.0 Å². The first-order valence-corrected chi connectivity index (χ1v) is 7.88. The zero-order valence-corrected chi connectivity index (χ0v) is 13.2. The number of hydrogen-bond donors (Lipinski definition) is 3. The smallest absolute Gasteiger partial charge is 0.315 e. The molecule has 21 heavy (non-hydrogen) atoms. The van der Waals surface area contributed by atoms with Crippen LogP contribution in [-0.4, -0.2) is 23.1 Å². The fourth-order valence-corrected chi connectivity index (χ4v) is 3.06. The highest BCUT2D eigenvalue weighted by atomic mass is 79.9. The molecule has 0 bridgehead atoms. The fourth-order valence-electron chi connectivity index (χ4n) is 2.64. The highest BCUT2D eigenvalue weighted by Gasteiger charge is 2.31. The van der Waals surface area contributed by atoms with Crippen LogP contribution in [0.3, 0.4) is 0 Å². The van der Waals surface area contributed by atoms with Crippen molar-refractivity contribution in [1.29, 1.82) is 0 Å². The molecule has 0 aromatic heterocycles. The lowest BCUT2D eigenvalue weighted by molar-refractivity contribution is -0.143. The molecule has 2 unspecified atom stereocenters. The lowest BCUT2D eigenvalue weighted by Gasteiger charge is -2.29. The van der Waals surface area contributed by atoms with E-state index in [1.165, 1.54) is 0 Å². The maximum atomic E-state index is 11.9. The number of hydrogen-bond acceptors (Lipinski definition) is 2. The molecule has 1 fully saturated rings. The van der Waals surface area contributed by atoms with E-state index in [2.05, 4.69) is 26.6 Å². The van der Waals surface area contributed by atoms with Gasteiger partial charge in [-0.25, -0.2) is 4.79 Å². The Balaban J connectivity index is 1.86. The highest BCUT2D eigenvalue weighted by Crippen LogP contribution is 2.24. The number of aliphatic carboxylic acids is 1. The lowest BCUT2D eigenvalue weighted by atomic mass is 9.84. The molecule has 2 amide bonds. The monoisotopic (exact) mass is 354 g/mol. The van der Waals surface area contributed by atoms with Crippen LogP contribution in [0.15, 0.2) is 28.7 Å². The summed E-state index contributed by atoms with van der Waals surface area (Å²) >= 11 is 3.42. The summed E-state index contributed by atoms with van der Waals surface area (Å²) < 4.78 is 0.936. The molecule has 1 aromatic carbocycles. The molecule has 0 radical (unpaired) electrons. The van der Waals surface area contributed by atoms with Crippen molar-refractivity contribution in [2.75, 3.05) is 0 Å². The predicted octanol–water partition coefficient (Wildman–Crippen LogP) is 2.89. The number of carbonyl (C=O) groups is 2. The minimum Gasteiger partial charge on any atom is -0.481 e. The summed E-state index contributed by atoms with van der Waals surface area (Å²) in [6.07, 6.45) is 3.22. The van der Waals surface area contributed by atoms with Gasteiger partial charge in [0.15, 0.2) is 0 Å². The number of carboxylic acid groups (broad SMARTS) is 1. The maximum absolute atomic E-state index is 11.9. The fraction of sp³-hybridized carbons (Fsp3) is 0.467. The number of nitrogens with one attached hydrogen (secondary N) is 2. The number of halogens is 1. The van der Waals surface area contributed by atoms with Crippen molar-refractivity contribution >= 4 is 27.9 Å². The largest absolute Gasteiger partial charge is 0.481 e. The van der Waals surface area contributed by atoms with E-state index in [0.717, 1.165) is 29.3 Å². The minimum atomic E-state index is -0.828. The maximum Gasteiger partial charge on any atom is 0.315 e. The van der Waals surface area contributed by atoms with Crippen LogP contribution in [0.5, 0.6) is 0 Å². The van der Waals surface area contributed by atoms with Crippen molar-refractivity contribution in [1.82, 2.24) is 10.6 Å². The molecule has 0 aliphatic heterocycles. The second-order valence-corrected chi connectivity index (χ2v) is 6.11. The Morgan fingerprint density at radius 1 is 1.24 bits per heavy atom. The van der Waals surface area contributed by atoms with Crippen LogP contribution in [0.4, 0.5) is 4.79 Å². The SMILES string of the molecule is O=C(NCc1ccccc1Br)NC1CCCCC1C(=O)O. The van der Waals surface area contributed by atoms with Crippen molar-refractivity contribution in [3.8, 4) is 0 Å². The van der Waals surface area contributed by atoms with Gasteiger partial charge in [-0.3, -0.25) is 4.79 Å². The number of benzene rings is 1. The van der Waals surface area contributed by atoms with Crippen LogP contribution in [0.1, 0.15) is 31.2 Å². The second kappa shape index (κ2) is 7.45. The van der Waals surface area contributed by atoms with E-state index in [1.54, 1.807) is 0 Å². The first kappa shape index (κ1) is 15.8. The van der Waals surface area contributed by atoms with Gasteiger partial charge in [-0.1, -0.05) is 47.0 Å². The molecule has 0 heterocycles. The summed E-state index contributed by atoms with van der Waals surface area (Å²) in [5.74, 6) is -1.31. The van der Waals surface area contributed by atoms with Crippen LogP contribution in [0.2, 0.25) is 0 Å². The lowest BCUT2D eigenvalue weighted by Crippen LogP contribution is -2.48. The molecule has 3 N–H and O–H groups in total. The van der Waals surface area contributed by atoms with E-state index in [9.17, 15) is 14.7 Å². The highest BCUT2D eigenvalue weighted by molar-refractivity contribution is 9.10. The van der Waals surface area contributed by atoms with Crippen LogP contribution in [0.25, 0.3) is 0 Å². The molecule has 1 aliphatic rings.